The van der Waals surface area contributed by atoms with E-state index in [1.165, 1.54) is 0 Å². The maximum atomic E-state index is 15.1. The maximum Gasteiger partial charge on any atom is 0.229 e. The van der Waals surface area contributed by atoms with Gasteiger partial charge in [-0.25, -0.2) is 14.4 Å². The van der Waals surface area contributed by atoms with Gasteiger partial charge < -0.3 is 20.3 Å². The summed E-state index contributed by atoms with van der Waals surface area (Å²) in [6, 6.07) is 16.4. The largest absolute Gasteiger partial charge is 0.372 e. The molecule has 10 heteroatoms. The molecule has 2 aromatic carbocycles. The summed E-state index contributed by atoms with van der Waals surface area (Å²) in [6.07, 6.45) is 1.12. The molecule has 0 spiro atoms. The van der Waals surface area contributed by atoms with Crippen molar-refractivity contribution in [3.8, 4) is 17.7 Å². The Kier molecular flexibility index (Phi) is 6.29. The summed E-state index contributed by atoms with van der Waals surface area (Å²) >= 11 is 0. The number of nitrogens with zero attached hydrogens (tertiary/aromatic N) is 5. The van der Waals surface area contributed by atoms with Gasteiger partial charge in [-0.1, -0.05) is 35.2 Å². The van der Waals surface area contributed by atoms with Gasteiger partial charge in [-0.15, -0.1) is 0 Å². The number of aryl methyl sites for hydroxylation is 1. The van der Waals surface area contributed by atoms with Crippen LogP contribution in [0.2, 0.25) is 0 Å². The summed E-state index contributed by atoms with van der Waals surface area (Å²) in [5.41, 5.74) is 1.38. The molecule has 3 N–H and O–H groups in total. The van der Waals surface area contributed by atoms with Crippen LogP contribution < -0.4 is 10.6 Å². The maximum absolute atomic E-state index is 15.1. The molecule has 1 atom stereocenters. The van der Waals surface area contributed by atoms with Gasteiger partial charge in [0.05, 0.1) is 17.2 Å². The molecule has 0 aliphatic heterocycles. The number of halogens is 1. The van der Waals surface area contributed by atoms with Crippen molar-refractivity contribution in [1.29, 1.82) is 0 Å². The number of rotatable bonds is 6. The van der Waals surface area contributed by atoms with E-state index < -0.39 is 11.4 Å². The standard InChI is InChI=1S/C27H24FN7O2/c1-4-29-26-32-21-11-10-18(12-13-27(3,36)23-14-17(2)37-34-23)15-22(21)35(26)24-20(28)16-30-25(33-24)31-19-8-6-5-7-9-19/h5-11,14-16,36H,4H2,1-3H3,(H,29,32)(H,30,31,33)/t27-/m1/s1. The topological polar surface area (TPSA) is 114 Å². The average Bonchev–Trinajstić information content (AvgIpc) is 3.48. The zero-order chi connectivity index (χ0) is 26.0. The fraction of sp³-hybridized carbons (Fsp3) is 0.185. The first-order valence-electron chi connectivity index (χ1n) is 11.6. The molecule has 0 bridgehead atoms. The van der Waals surface area contributed by atoms with Gasteiger partial charge in [0.25, 0.3) is 0 Å². The zero-order valence-electron chi connectivity index (χ0n) is 20.5. The second kappa shape index (κ2) is 9.72. The molecule has 0 aliphatic carbocycles. The van der Waals surface area contributed by atoms with E-state index >= 15 is 4.39 Å². The van der Waals surface area contributed by atoms with Crippen molar-refractivity contribution in [1.82, 2.24) is 24.7 Å². The fourth-order valence-electron chi connectivity index (χ4n) is 3.72. The van der Waals surface area contributed by atoms with Crippen LogP contribution >= 0.6 is 0 Å². The van der Waals surface area contributed by atoms with Gasteiger partial charge in [-0.05, 0) is 51.1 Å². The van der Waals surface area contributed by atoms with Gasteiger partial charge in [0.1, 0.15) is 11.5 Å². The average molecular weight is 498 g/mol. The van der Waals surface area contributed by atoms with Crippen LogP contribution in [0.4, 0.5) is 22.0 Å². The third kappa shape index (κ3) is 4.98. The van der Waals surface area contributed by atoms with Gasteiger partial charge in [-0.3, -0.25) is 4.57 Å². The lowest BCUT2D eigenvalue weighted by Gasteiger charge is -2.12. The predicted octanol–water partition coefficient (Wildman–Crippen LogP) is 4.69. The Morgan fingerprint density at radius 3 is 2.68 bits per heavy atom. The highest BCUT2D eigenvalue weighted by molar-refractivity contribution is 5.82. The van der Waals surface area contributed by atoms with Crippen LogP contribution in [0.15, 0.2) is 65.3 Å². The van der Waals surface area contributed by atoms with Gasteiger partial charge in [0, 0.05) is 23.9 Å². The molecule has 3 aromatic heterocycles. The van der Waals surface area contributed by atoms with Crippen LogP contribution in [-0.2, 0) is 5.60 Å². The van der Waals surface area contributed by atoms with Gasteiger partial charge in [0.15, 0.2) is 17.2 Å². The molecule has 0 fully saturated rings. The second-order valence-electron chi connectivity index (χ2n) is 8.51. The highest BCUT2D eigenvalue weighted by Crippen LogP contribution is 2.27. The molecule has 0 radical (unpaired) electrons. The highest BCUT2D eigenvalue weighted by Gasteiger charge is 2.24. The Balaban J connectivity index is 1.58. The molecular weight excluding hydrogens is 473 g/mol. The third-order valence-electron chi connectivity index (χ3n) is 5.53. The van der Waals surface area contributed by atoms with Crippen molar-refractivity contribution in [3.63, 3.8) is 0 Å². The number of nitrogens with one attached hydrogen (secondary N) is 2. The summed E-state index contributed by atoms with van der Waals surface area (Å²) < 4.78 is 21.8. The van der Waals surface area contributed by atoms with Gasteiger partial charge >= 0.3 is 0 Å². The molecule has 186 valence electrons. The Morgan fingerprint density at radius 1 is 1.14 bits per heavy atom. The molecule has 0 saturated carbocycles. The van der Waals surface area contributed by atoms with Crippen molar-refractivity contribution in [2.24, 2.45) is 0 Å². The second-order valence-corrected chi connectivity index (χ2v) is 8.51. The Hall–Kier alpha value is -4.75. The molecule has 0 amide bonds. The van der Waals surface area contributed by atoms with Crippen LogP contribution in [0.5, 0.6) is 0 Å². The first-order valence-corrected chi connectivity index (χ1v) is 11.6. The normalized spacial score (nSPS) is 12.6. The molecule has 3 heterocycles. The van der Waals surface area contributed by atoms with E-state index in [0.29, 0.717) is 40.5 Å². The summed E-state index contributed by atoms with van der Waals surface area (Å²) in [6.45, 7) is 5.77. The van der Waals surface area contributed by atoms with Gasteiger partial charge in [0.2, 0.25) is 11.9 Å². The number of hydrogen-bond acceptors (Lipinski definition) is 8. The van der Waals surface area contributed by atoms with E-state index in [2.05, 4.69) is 42.6 Å². The summed E-state index contributed by atoms with van der Waals surface area (Å²) in [5, 5.41) is 20.9. The third-order valence-corrected chi connectivity index (χ3v) is 5.53. The lowest BCUT2D eigenvalue weighted by atomic mass is 10.0. The number of imidazole rings is 1. The van der Waals surface area contributed by atoms with Crippen molar-refractivity contribution in [2.75, 3.05) is 17.2 Å². The lowest BCUT2D eigenvalue weighted by molar-refractivity contribution is 0.112. The van der Waals surface area contributed by atoms with Crippen LogP contribution in [0.25, 0.3) is 16.9 Å². The number of hydrogen-bond donors (Lipinski definition) is 3. The van der Waals surface area contributed by atoms with E-state index in [0.717, 1.165) is 11.9 Å². The monoisotopic (exact) mass is 497 g/mol. The zero-order valence-corrected chi connectivity index (χ0v) is 20.5. The summed E-state index contributed by atoms with van der Waals surface area (Å²) in [4.78, 5) is 13.2. The number of benzene rings is 2. The fourth-order valence-corrected chi connectivity index (χ4v) is 3.72. The first kappa shape index (κ1) is 24.0. The molecule has 0 saturated heterocycles. The van der Waals surface area contributed by atoms with Crippen molar-refractivity contribution < 1.29 is 14.0 Å². The van der Waals surface area contributed by atoms with E-state index in [9.17, 15) is 5.11 Å². The molecule has 9 nitrogen and oxygen atoms in total. The van der Waals surface area contributed by atoms with Crippen LogP contribution in [0, 0.1) is 24.6 Å². The number of aromatic nitrogens is 5. The Morgan fingerprint density at radius 2 is 1.95 bits per heavy atom. The van der Waals surface area contributed by atoms with E-state index in [4.69, 9.17) is 4.52 Å². The van der Waals surface area contributed by atoms with Crippen LogP contribution in [0.3, 0.4) is 0 Å². The Labute approximate surface area is 212 Å². The molecule has 5 aromatic rings. The molecule has 0 aliphatic rings. The summed E-state index contributed by atoms with van der Waals surface area (Å²) in [7, 11) is 0. The number of para-hydroxylation sites is 1. The smallest absolute Gasteiger partial charge is 0.229 e. The lowest BCUT2D eigenvalue weighted by Crippen LogP contribution is -2.18. The summed E-state index contributed by atoms with van der Waals surface area (Å²) in [5.74, 6) is 6.47. The minimum atomic E-state index is -1.52. The van der Waals surface area contributed by atoms with Crippen LogP contribution in [0.1, 0.15) is 30.9 Å². The molecule has 5 rings (SSSR count). The number of fused-ring (bicyclic) bond motifs is 1. The molecule has 37 heavy (non-hydrogen) atoms. The quantitative estimate of drug-likeness (QED) is 0.290. The van der Waals surface area contributed by atoms with E-state index in [1.54, 1.807) is 42.7 Å². The van der Waals surface area contributed by atoms with Gasteiger partial charge in [-0.2, -0.15) is 4.98 Å². The first-order chi connectivity index (χ1) is 17.8. The van der Waals surface area contributed by atoms with Crippen molar-refractivity contribution in [2.45, 2.75) is 26.4 Å². The minimum absolute atomic E-state index is 0.0297. The molecule has 0 unspecified atom stereocenters. The van der Waals surface area contributed by atoms with Crippen molar-refractivity contribution in [3.05, 3.63) is 83.6 Å². The SMILES string of the molecule is CCNc1nc2ccc(C#C[C@@](C)(O)c3cc(C)on3)cc2n1-c1nc(Nc2ccccc2)ncc1F. The molecular formula is C27H24FN7O2. The minimum Gasteiger partial charge on any atom is -0.372 e. The van der Waals surface area contributed by atoms with Crippen molar-refractivity contribution >= 4 is 28.6 Å². The Bertz CT molecular complexity index is 1630. The van der Waals surface area contributed by atoms with E-state index in [1.807, 2.05) is 37.3 Å². The number of anilines is 3. The number of aliphatic hydroxyl groups is 1. The highest BCUT2D eigenvalue weighted by atomic mass is 19.1. The van der Waals surface area contributed by atoms with E-state index in [-0.39, 0.29) is 11.8 Å². The predicted molar refractivity (Wildman–Crippen MR) is 138 cm³/mol. The van der Waals surface area contributed by atoms with Crippen LogP contribution in [-0.4, -0.2) is 36.3 Å².